The lowest BCUT2D eigenvalue weighted by Gasteiger charge is -2.17. The van der Waals surface area contributed by atoms with Crippen LogP contribution >= 0.6 is 0 Å². The van der Waals surface area contributed by atoms with Crippen LogP contribution in [0.3, 0.4) is 0 Å². The highest BCUT2D eigenvalue weighted by atomic mass is 16.5. The summed E-state index contributed by atoms with van der Waals surface area (Å²) in [5.41, 5.74) is 3.07. The van der Waals surface area contributed by atoms with Crippen LogP contribution in [0.2, 0.25) is 0 Å². The fourth-order valence-corrected chi connectivity index (χ4v) is 3.49. The molecule has 0 bridgehead atoms. The van der Waals surface area contributed by atoms with E-state index < -0.39 is 0 Å². The molecule has 1 amide bonds. The first-order valence-electron chi connectivity index (χ1n) is 11.5. The first kappa shape index (κ1) is 26.1. The Morgan fingerprint density at radius 2 is 1.75 bits per heavy atom. The first-order valence-corrected chi connectivity index (χ1v) is 11.5. The molecule has 0 fully saturated rings. The molecule has 11 nitrogen and oxygen atoms in total. The number of aromatic amines is 1. The molecule has 0 unspecified atom stereocenters. The normalized spacial score (nSPS) is 10.2. The molecule has 1 aromatic carbocycles. The second-order valence-electron chi connectivity index (χ2n) is 7.52. The van der Waals surface area contributed by atoms with Gasteiger partial charge in [0.05, 0.1) is 29.6 Å². The van der Waals surface area contributed by atoms with E-state index in [4.69, 9.17) is 4.74 Å². The SMILES string of the molecule is CC.CNC(=O)c1cnc(Nc2cc(C)nc(C)n2)cc1Nc1cccc(-c2n[nH]c(C)n2)c1OC. The van der Waals surface area contributed by atoms with Crippen molar-refractivity contribution in [3.63, 3.8) is 0 Å². The minimum absolute atomic E-state index is 0.282. The number of rotatable bonds is 7. The standard InChI is InChI=1S/C23H25N9O2.C2H6/c1-12-9-20(27-13(2)26-12)30-19-10-18(16(11-25-19)23(33)24-4)29-17-8-6-7-15(21(17)34-5)22-28-14(3)31-32-22;1-2/h6-11H,1-5H3,(H,24,33)(H,28,31,32)(H2,25,26,27,29,30);1-2H3. The van der Waals surface area contributed by atoms with Crippen molar-refractivity contribution in [3.05, 3.63) is 59.4 Å². The van der Waals surface area contributed by atoms with Gasteiger partial charge in [-0.25, -0.2) is 19.9 Å². The number of ether oxygens (including phenoxy) is 1. The lowest BCUT2D eigenvalue weighted by molar-refractivity contribution is 0.0963. The molecule has 0 atom stereocenters. The number of amides is 1. The van der Waals surface area contributed by atoms with E-state index in [1.807, 2.05) is 58.9 Å². The second-order valence-corrected chi connectivity index (χ2v) is 7.52. The predicted molar refractivity (Wildman–Crippen MR) is 140 cm³/mol. The number of benzene rings is 1. The number of anilines is 4. The number of pyridine rings is 1. The molecule has 0 saturated carbocycles. The smallest absolute Gasteiger partial charge is 0.254 e. The Labute approximate surface area is 210 Å². The Bertz CT molecular complexity index is 1330. The van der Waals surface area contributed by atoms with Crippen LogP contribution in [0, 0.1) is 20.8 Å². The van der Waals surface area contributed by atoms with Gasteiger partial charge in [0, 0.05) is 31.1 Å². The summed E-state index contributed by atoms with van der Waals surface area (Å²) in [6.45, 7) is 9.54. The van der Waals surface area contributed by atoms with Crippen LogP contribution in [-0.4, -0.2) is 50.2 Å². The van der Waals surface area contributed by atoms with Crippen molar-refractivity contribution in [1.82, 2.24) is 35.5 Å². The molecule has 3 aromatic heterocycles. The van der Waals surface area contributed by atoms with Crippen LogP contribution in [-0.2, 0) is 0 Å². The third-order valence-corrected chi connectivity index (χ3v) is 4.92. The molecule has 4 N–H and O–H groups in total. The highest BCUT2D eigenvalue weighted by Crippen LogP contribution is 2.37. The minimum atomic E-state index is -0.282. The van der Waals surface area contributed by atoms with Crippen molar-refractivity contribution < 1.29 is 9.53 Å². The van der Waals surface area contributed by atoms with Crippen LogP contribution < -0.4 is 20.7 Å². The molecular weight excluding hydrogens is 458 g/mol. The maximum atomic E-state index is 12.5. The Morgan fingerprint density at radius 1 is 0.972 bits per heavy atom. The quantitative estimate of drug-likeness (QED) is 0.296. The summed E-state index contributed by atoms with van der Waals surface area (Å²) in [6.07, 6.45) is 1.50. The molecule has 36 heavy (non-hydrogen) atoms. The zero-order valence-corrected chi connectivity index (χ0v) is 21.5. The Morgan fingerprint density at radius 3 is 2.39 bits per heavy atom. The van der Waals surface area contributed by atoms with Crippen LogP contribution in [0.1, 0.15) is 41.5 Å². The monoisotopic (exact) mass is 489 g/mol. The minimum Gasteiger partial charge on any atom is -0.494 e. The fraction of sp³-hybridized carbons (Fsp3) is 0.280. The molecule has 0 saturated heterocycles. The van der Waals surface area contributed by atoms with Gasteiger partial charge in [0.2, 0.25) is 0 Å². The van der Waals surface area contributed by atoms with Gasteiger partial charge in [-0.3, -0.25) is 9.89 Å². The van der Waals surface area contributed by atoms with E-state index in [0.717, 1.165) is 5.69 Å². The van der Waals surface area contributed by atoms with Crippen molar-refractivity contribution in [1.29, 1.82) is 0 Å². The molecule has 3 heterocycles. The maximum Gasteiger partial charge on any atom is 0.254 e. The number of nitrogens with one attached hydrogen (secondary N) is 4. The first-order chi connectivity index (χ1) is 17.4. The van der Waals surface area contributed by atoms with Crippen molar-refractivity contribution in [2.75, 3.05) is 24.8 Å². The number of hydrogen-bond donors (Lipinski definition) is 4. The fourth-order valence-electron chi connectivity index (χ4n) is 3.49. The van der Waals surface area contributed by atoms with E-state index in [1.54, 1.807) is 20.2 Å². The molecule has 0 aliphatic rings. The van der Waals surface area contributed by atoms with Crippen molar-refractivity contribution >= 4 is 28.9 Å². The van der Waals surface area contributed by atoms with Gasteiger partial charge in [-0.15, -0.1) is 0 Å². The molecule has 4 aromatic rings. The molecule has 0 spiro atoms. The van der Waals surface area contributed by atoms with Gasteiger partial charge in [-0.1, -0.05) is 19.9 Å². The predicted octanol–water partition coefficient (Wildman–Crippen LogP) is 4.46. The van der Waals surface area contributed by atoms with Crippen molar-refractivity contribution in [2.24, 2.45) is 0 Å². The number of carbonyl (C=O) groups is 1. The van der Waals surface area contributed by atoms with E-state index in [-0.39, 0.29) is 5.91 Å². The van der Waals surface area contributed by atoms with Crippen molar-refractivity contribution in [2.45, 2.75) is 34.6 Å². The highest BCUT2D eigenvalue weighted by molar-refractivity contribution is 6.00. The summed E-state index contributed by atoms with van der Waals surface area (Å²) < 4.78 is 5.69. The lowest BCUT2D eigenvalue weighted by atomic mass is 10.1. The largest absolute Gasteiger partial charge is 0.494 e. The highest BCUT2D eigenvalue weighted by Gasteiger charge is 2.18. The topological polar surface area (TPSA) is 143 Å². The Hall–Kier alpha value is -4.54. The van der Waals surface area contributed by atoms with Gasteiger partial charge in [-0.2, -0.15) is 5.10 Å². The second kappa shape index (κ2) is 11.7. The van der Waals surface area contributed by atoms with Gasteiger partial charge in [0.1, 0.15) is 23.3 Å². The lowest BCUT2D eigenvalue weighted by Crippen LogP contribution is -2.19. The number of aryl methyl sites for hydroxylation is 3. The number of H-pyrrole nitrogens is 1. The molecule has 0 radical (unpaired) electrons. The average molecular weight is 490 g/mol. The summed E-state index contributed by atoms with van der Waals surface area (Å²) in [7, 11) is 3.14. The van der Waals surface area contributed by atoms with Gasteiger partial charge < -0.3 is 20.7 Å². The zero-order valence-electron chi connectivity index (χ0n) is 21.5. The van der Waals surface area contributed by atoms with E-state index in [1.165, 1.54) is 6.20 Å². The third kappa shape index (κ3) is 5.93. The van der Waals surface area contributed by atoms with E-state index >= 15 is 0 Å². The van der Waals surface area contributed by atoms with Crippen LogP contribution in [0.15, 0.2) is 36.5 Å². The van der Waals surface area contributed by atoms with Gasteiger partial charge in [0.15, 0.2) is 11.6 Å². The molecule has 0 aliphatic carbocycles. The van der Waals surface area contributed by atoms with Gasteiger partial charge >= 0.3 is 0 Å². The van der Waals surface area contributed by atoms with Gasteiger partial charge in [-0.05, 0) is 32.9 Å². The zero-order chi connectivity index (χ0) is 26.2. The number of hydrogen-bond acceptors (Lipinski definition) is 9. The van der Waals surface area contributed by atoms with E-state index in [9.17, 15) is 4.79 Å². The Balaban J connectivity index is 0.00000176. The van der Waals surface area contributed by atoms with E-state index in [0.29, 0.717) is 57.4 Å². The maximum absolute atomic E-state index is 12.5. The number of para-hydroxylation sites is 1. The molecular formula is C25H31N9O2. The summed E-state index contributed by atoms with van der Waals surface area (Å²) in [5.74, 6) is 3.22. The molecule has 11 heteroatoms. The molecule has 0 aliphatic heterocycles. The summed E-state index contributed by atoms with van der Waals surface area (Å²) in [6, 6.07) is 9.13. The van der Waals surface area contributed by atoms with Crippen LogP contribution in [0.5, 0.6) is 5.75 Å². The average Bonchev–Trinajstić information content (AvgIpc) is 3.30. The number of aromatic nitrogens is 6. The molecule has 188 valence electrons. The number of nitrogens with zero attached hydrogens (tertiary/aromatic N) is 5. The molecule has 4 rings (SSSR count). The summed E-state index contributed by atoms with van der Waals surface area (Å²) in [5, 5.41) is 16.2. The summed E-state index contributed by atoms with van der Waals surface area (Å²) in [4.78, 5) is 30.0. The van der Waals surface area contributed by atoms with E-state index in [2.05, 4.69) is 46.1 Å². The third-order valence-electron chi connectivity index (χ3n) is 4.92. The van der Waals surface area contributed by atoms with Crippen molar-refractivity contribution in [3.8, 4) is 17.1 Å². The Kier molecular flexibility index (Phi) is 8.50. The van der Waals surface area contributed by atoms with Crippen LogP contribution in [0.25, 0.3) is 11.4 Å². The number of carbonyl (C=O) groups excluding carboxylic acids is 1. The number of methoxy groups -OCH3 is 1. The van der Waals surface area contributed by atoms with Gasteiger partial charge in [0.25, 0.3) is 5.91 Å². The van der Waals surface area contributed by atoms with Crippen LogP contribution in [0.4, 0.5) is 23.0 Å². The summed E-state index contributed by atoms with van der Waals surface area (Å²) >= 11 is 0.